The van der Waals surface area contributed by atoms with Gasteiger partial charge in [0.1, 0.15) is 11.6 Å². The number of carboxylic acids is 1. The smallest absolute Gasteiger partial charge is 0.407 e. The van der Waals surface area contributed by atoms with Crippen molar-refractivity contribution < 1.29 is 24.2 Å². The zero-order chi connectivity index (χ0) is 13.9. The summed E-state index contributed by atoms with van der Waals surface area (Å²) in [6.45, 7) is 5.57. The lowest BCUT2D eigenvalue weighted by Gasteiger charge is -2.37. The van der Waals surface area contributed by atoms with E-state index in [1.165, 1.54) is 4.90 Å². The van der Waals surface area contributed by atoms with E-state index < -0.39 is 23.7 Å². The monoisotopic (exact) mass is 258 g/mol. The summed E-state index contributed by atoms with van der Waals surface area (Å²) >= 11 is 0. The number of aliphatic carboxylic acids is 1. The number of rotatable bonds is 4. The van der Waals surface area contributed by atoms with Crippen LogP contribution in [0.4, 0.5) is 4.79 Å². The summed E-state index contributed by atoms with van der Waals surface area (Å²) in [5, 5.41) is 11.2. The Bertz CT molecular complexity index is 361. The van der Waals surface area contributed by atoms with Gasteiger partial charge in [-0.15, -0.1) is 0 Å². The molecule has 1 rings (SSSR count). The summed E-state index contributed by atoms with van der Waals surface area (Å²) in [7, 11) is 0. The number of carbonyl (C=O) groups excluding carboxylic acids is 2. The van der Waals surface area contributed by atoms with Crippen LogP contribution in [0, 0.1) is 0 Å². The molecule has 1 unspecified atom stereocenters. The Balaban J connectivity index is 2.27. The van der Waals surface area contributed by atoms with Gasteiger partial charge in [0.25, 0.3) is 0 Å². The van der Waals surface area contributed by atoms with Crippen LogP contribution in [-0.4, -0.2) is 52.7 Å². The Kier molecular flexibility index (Phi) is 4.15. The van der Waals surface area contributed by atoms with Crippen LogP contribution in [0.15, 0.2) is 0 Å². The molecule has 0 aromatic heterocycles. The van der Waals surface area contributed by atoms with Crippen LogP contribution in [0.2, 0.25) is 0 Å². The highest BCUT2D eigenvalue weighted by Gasteiger charge is 2.40. The fourth-order valence-corrected chi connectivity index (χ4v) is 1.55. The van der Waals surface area contributed by atoms with Gasteiger partial charge in [-0.1, -0.05) is 0 Å². The average Bonchev–Trinajstić information content (AvgIpc) is 2.17. The van der Waals surface area contributed by atoms with Gasteiger partial charge in [-0.3, -0.25) is 4.79 Å². The molecular formula is C11H18N2O5. The highest BCUT2D eigenvalue weighted by atomic mass is 16.6. The van der Waals surface area contributed by atoms with E-state index in [1.54, 1.807) is 20.8 Å². The predicted molar refractivity (Wildman–Crippen MR) is 62.0 cm³/mol. The second-order valence-electron chi connectivity index (χ2n) is 5.07. The first-order valence-corrected chi connectivity index (χ1v) is 5.70. The van der Waals surface area contributed by atoms with Crippen molar-refractivity contribution in [3.05, 3.63) is 0 Å². The van der Waals surface area contributed by atoms with Crippen molar-refractivity contribution in [2.24, 2.45) is 0 Å². The van der Waals surface area contributed by atoms with E-state index >= 15 is 0 Å². The SMILES string of the molecule is CC(C)(C)OC(=O)NCCN1C(=O)CC1C(=O)O. The summed E-state index contributed by atoms with van der Waals surface area (Å²) in [6, 6.07) is -0.766. The van der Waals surface area contributed by atoms with Crippen molar-refractivity contribution in [1.82, 2.24) is 10.2 Å². The van der Waals surface area contributed by atoms with Crippen LogP contribution in [-0.2, 0) is 14.3 Å². The molecule has 18 heavy (non-hydrogen) atoms. The third-order valence-corrected chi connectivity index (χ3v) is 2.37. The molecule has 0 aromatic carbocycles. The number of carboxylic acid groups (broad SMARTS) is 1. The third-order valence-electron chi connectivity index (χ3n) is 2.37. The van der Waals surface area contributed by atoms with Crippen molar-refractivity contribution in [2.75, 3.05) is 13.1 Å². The molecule has 7 nitrogen and oxygen atoms in total. The van der Waals surface area contributed by atoms with Gasteiger partial charge in [0.05, 0.1) is 6.42 Å². The summed E-state index contributed by atoms with van der Waals surface area (Å²) < 4.78 is 5.00. The second-order valence-corrected chi connectivity index (χ2v) is 5.07. The molecule has 1 atom stereocenters. The fraction of sp³-hybridized carbons (Fsp3) is 0.727. The molecule has 0 bridgehead atoms. The normalized spacial score (nSPS) is 19.2. The van der Waals surface area contributed by atoms with Crippen molar-refractivity contribution in [1.29, 1.82) is 0 Å². The zero-order valence-corrected chi connectivity index (χ0v) is 10.7. The number of ether oxygens (including phenoxy) is 1. The van der Waals surface area contributed by atoms with Gasteiger partial charge in [0.2, 0.25) is 5.91 Å². The first-order valence-electron chi connectivity index (χ1n) is 5.70. The maximum atomic E-state index is 11.3. The minimum Gasteiger partial charge on any atom is -0.480 e. The quantitative estimate of drug-likeness (QED) is 0.702. The molecule has 0 aromatic rings. The molecule has 2 N–H and O–H groups in total. The lowest BCUT2D eigenvalue weighted by atomic mass is 10.0. The van der Waals surface area contributed by atoms with Crippen LogP contribution < -0.4 is 5.32 Å². The topological polar surface area (TPSA) is 95.9 Å². The van der Waals surface area contributed by atoms with Gasteiger partial charge in [0.15, 0.2) is 0 Å². The van der Waals surface area contributed by atoms with Crippen LogP contribution in [0.25, 0.3) is 0 Å². The summed E-state index contributed by atoms with van der Waals surface area (Å²) in [5.74, 6) is -1.24. The Morgan fingerprint density at radius 3 is 2.56 bits per heavy atom. The maximum Gasteiger partial charge on any atom is 0.407 e. The molecule has 1 heterocycles. The van der Waals surface area contributed by atoms with Crippen LogP contribution in [0.5, 0.6) is 0 Å². The average molecular weight is 258 g/mol. The van der Waals surface area contributed by atoms with Crippen molar-refractivity contribution in [3.8, 4) is 0 Å². The van der Waals surface area contributed by atoms with Crippen molar-refractivity contribution in [2.45, 2.75) is 38.8 Å². The number of hydrogen-bond donors (Lipinski definition) is 2. The summed E-state index contributed by atoms with van der Waals surface area (Å²) in [5.41, 5.74) is -0.583. The number of nitrogens with zero attached hydrogens (tertiary/aromatic N) is 1. The number of β-lactam (4-membered cyclic amide) rings is 1. The van der Waals surface area contributed by atoms with E-state index in [-0.39, 0.29) is 25.4 Å². The fourth-order valence-electron chi connectivity index (χ4n) is 1.55. The lowest BCUT2D eigenvalue weighted by Crippen LogP contribution is -2.58. The highest BCUT2D eigenvalue weighted by molar-refractivity contribution is 5.94. The summed E-state index contributed by atoms with van der Waals surface area (Å²) in [6.07, 6.45) is -0.552. The molecule has 0 aliphatic carbocycles. The van der Waals surface area contributed by atoms with Crippen molar-refractivity contribution in [3.63, 3.8) is 0 Å². The Morgan fingerprint density at radius 2 is 2.11 bits per heavy atom. The Hall–Kier alpha value is -1.79. The van der Waals surface area contributed by atoms with Gasteiger partial charge < -0.3 is 20.1 Å². The molecule has 2 amide bonds. The number of amides is 2. The van der Waals surface area contributed by atoms with Crippen LogP contribution >= 0.6 is 0 Å². The van der Waals surface area contributed by atoms with E-state index in [2.05, 4.69) is 5.32 Å². The number of carbonyl (C=O) groups is 3. The van der Waals surface area contributed by atoms with E-state index in [0.29, 0.717) is 0 Å². The third kappa shape index (κ3) is 3.90. The molecule has 1 aliphatic heterocycles. The second kappa shape index (κ2) is 5.24. The number of likely N-dealkylation sites (tertiary alicyclic amines) is 1. The zero-order valence-electron chi connectivity index (χ0n) is 10.7. The van der Waals surface area contributed by atoms with E-state index in [0.717, 1.165) is 0 Å². The minimum atomic E-state index is -1.02. The van der Waals surface area contributed by atoms with E-state index in [1.807, 2.05) is 0 Å². The largest absolute Gasteiger partial charge is 0.480 e. The van der Waals surface area contributed by atoms with E-state index in [9.17, 15) is 14.4 Å². The van der Waals surface area contributed by atoms with Gasteiger partial charge in [-0.2, -0.15) is 0 Å². The number of hydrogen-bond acceptors (Lipinski definition) is 4. The first kappa shape index (κ1) is 14.3. The molecular weight excluding hydrogens is 240 g/mol. The number of nitrogens with one attached hydrogen (secondary N) is 1. The van der Waals surface area contributed by atoms with Crippen LogP contribution in [0.1, 0.15) is 27.2 Å². The minimum absolute atomic E-state index is 0.0295. The maximum absolute atomic E-state index is 11.3. The first-order chi connectivity index (χ1) is 8.20. The number of alkyl carbamates (subject to hydrolysis) is 1. The van der Waals surface area contributed by atoms with Gasteiger partial charge in [-0.25, -0.2) is 9.59 Å². The molecule has 102 valence electrons. The van der Waals surface area contributed by atoms with Crippen molar-refractivity contribution >= 4 is 18.0 Å². The Labute approximate surface area is 105 Å². The Morgan fingerprint density at radius 1 is 1.50 bits per heavy atom. The molecule has 0 radical (unpaired) electrons. The molecule has 1 fully saturated rings. The summed E-state index contributed by atoms with van der Waals surface area (Å²) in [4.78, 5) is 34.4. The van der Waals surface area contributed by atoms with Crippen LogP contribution in [0.3, 0.4) is 0 Å². The van der Waals surface area contributed by atoms with E-state index in [4.69, 9.17) is 9.84 Å². The molecule has 1 aliphatic rings. The van der Waals surface area contributed by atoms with Gasteiger partial charge in [0, 0.05) is 13.1 Å². The standard InChI is InChI=1S/C11H18N2O5/c1-11(2,3)18-10(17)12-4-5-13-7(9(15)16)6-8(13)14/h7H,4-6H2,1-3H3,(H,12,17)(H,15,16). The highest BCUT2D eigenvalue weighted by Crippen LogP contribution is 2.18. The predicted octanol–water partition coefficient (Wildman–Crippen LogP) is 0.197. The van der Waals surface area contributed by atoms with Gasteiger partial charge in [-0.05, 0) is 20.8 Å². The molecule has 0 spiro atoms. The lowest BCUT2D eigenvalue weighted by molar-refractivity contribution is -0.161. The molecule has 1 saturated heterocycles. The molecule has 7 heteroatoms. The molecule has 0 saturated carbocycles. The van der Waals surface area contributed by atoms with Gasteiger partial charge >= 0.3 is 12.1 Å².